The van der Waals surface area contributed by atoms with Crippen molar-refractivity contribution in [3.63, 3.8) is 0 Å². The first-order valence-corrected chi connectivity index (χ1v) is 12.6. The topological polar surface area (TPSA) is 76.6 Å². The molecule has 5 heterocycles. The third-order valence-corrected chi connectivity index (χ3v) is 8.90. The molecule has 6 heteroatoms. The summed E-state index contributed by atoms with van der Waals surface area (Å²) in [5.74, 6) is 0.459. The van der Waals surface area contributed by atoms with Crippen LogP contribution in [-0.2, 0) is 0 Å². The number of aliphatic hydroxyl groups is 1. The molecule has 1 aliphatic carbocycles. The largest absolute Gasteiger partial charge is 2.00 e. The summed E-state index contributed by atoms with van der Waals surface area (Å²) in [6.45, 7) is 17.1. The third kappa shape index (κ3) is 3.37. The molecule has 3 aromatic rings. The summed E-state index contributed by atoms with van der Waals surface area (Å²) >= 11 is 0. The van der Waals surface area contributed by atoms with Crippen molar-refractivity contribution in [2.45, 2.75) is 61.5 Å². The average Bonchev–Trinajstić information content (AvgIpc) is 3.52. The van der Waals surface area contributed by atoms with E-state index in [2.05, 4.69) is 73.6 Å². The van der Waals surface area contributed by atoms with Gasteiger partial charge in [-0.15, -0.1) is 33.5 Å². The first-order chi connectivity index (χ1) is 16.6. The molecular weight excluding hydrogens is 457 g/mol. The van der Waals surface area contributed by atoms with E-state index in [0.717, 1.165) is 72.7 Å². The fraction of sp³-hybridized carbons (Fsp3) is 0.400. The van der Waals surface area contributed by atoms with Gasteiger partial charge in [-0.25, -0.2) is 0 Å². The Morgan fingerprint density at radius 3 is 1.81 bits per heavy atom. The summed E-state index contributed by atoms with van der Waals surface area (Å²) < 4.78 is 0. The molecular formula is C30H32MgN4O-2. The molecule has 8 bridgehead atoms. The maximum atomic E-state index is 11.3. The zero-order chi connectivity index (χ0) is 24.9. The van der Waals surface area contributed by atoms with Crippen molar-refractivity contribution in [3.8, 4) is 0 Å². The van der Waals surface area contributed by atoms with Gasteiger partial charge in [-0.3, -0.25) is 0 Å². The second kappa shape index (κ2) is 8.57. The van der Waals surface area contributed by atoms with E-state index in [1.165, 1.54) is 11.1 Å². The fourth-order valence-electron chi connectivity index (χ4n) is 5.90. The maximum absolute atomic E-state index is 11.3. The number of nitrogens with zero attached hydrogens (tertiary/aromatic N) is 4. The SMILES string of the molecule is Cc1c2[n-]c(c1C)/C=c1\[n-]/c(c(C)c1C)=C\c1[n-]c3c(c1C)[C@@H](O)[C@H](C)/C3=C1/[N-]/C(=C\2)[C@@H](C)[C@@H]1C.[Mg+2]. The molecule has 0 aromatic carbocycles. The van der Waals surface area contributed by atoms with Gasteiger partial charge in [-0.1, -0.05) is 72.4 Å². The molecule has 6 rings (SSSR count). The Bertz CT molecular complexity index is 1590. The van der Waals surface area contributed by atoms with Crippen LogP contribution < -0.4 is 25.7 Å². The normalized spacial score (nSPS) is 29.5. The van der Waals surface area contributed by atoms with Gasteiger partial charge in [0.1, 0.15) is 0 Å². The molecule has 3 aromatic heterocycles. The molecule has 2 aliphatic heterocycles. The fourth-order valence-corrected chi connectivity index (χ4v) is 5.90. The van der Waals surface area contributed by atoms with Gasteiger partial charge in [0.25, 0.3) is 0 Å². The van der Waals surface area contributed by atoms with E-state index < -0.39 is 6.10 Å². The molecule has 0 amide bonds. The van der Waals surface area contributed by atoms with E-state index in [0.29, 0.717) is 0 Å². The van der Waals surface area contributed by atoms with E-state index >= 15 is 0 Å². The smallest absolute Gasteiger partial charge is 0.664 e. The van der Waals surface area contributed by atoms with Gasteiger partial charge < -0.3 is 25.4 Å². The molecule has 5 nitrogen and oxygen atoms in total. The summed E-state index contributed by atoms with van der Waals surface area (Å²) in [6.07, 6.45) is 5.76. The van der Waals surface area contributed by atoms with Crippen LogP contribution in [0, 0.1) is 52.4 Å². The van der Waals surface area contributed by atoms with E-state index in [4.69, 9.17) is 20.3 Å². The quantitative estimate of drug-likeness (QED) is 0.488. The van der Waals surface area contributed by atoms with Crippen molar-refractivity contribution < 1.29 is 5.11 Å². The maximum Gasteiger partial charge on any atom is 2.00 e. The number of hydrogen-bond acceptors (Lipinski definition) is 1. The second-order valence-electron chi connectivity index (χ2n) is 10.7. The Morgan fingerprint density at radius 1 is 0.639 bits per heavy atom. The van der Waals surface area contributed by atoms with Gasteiger partial charge in [0.15, 0.2) is 0 Å². The monoisotopic (exact) mass is 488 g/mol. The van der Waals surface area contributed by atoms with Crippen LogP contribution >= 0.6 is 0 Å². The number of rotatable bonds is 0. The van der Waals surface area contributed by atoms with Crippen LogP contribution in [-0.4, -0.2) is 28.2 Å². The van der Waals surface area contributed by atoms with Gasteiger partial charge in [-0.05, 0) is 52.0 Å². The van der Waals surface area contributed by atoms with E-state index in [-0.39, 0.29) is 40.8 Å². The number of aliphatic hydroxyl groups excluding tert-OH is 1. The summed E-state index contributed by atoms with van der Waals surface area (Å²) in [5.41, 5.74) is 13.6. The molecule has 0 spiro atoms. The third-order valence-electron chi connectivity index (χ3n) is 8.90. The predicted octanol–water partition coefficient (Wildman–Crippen LogP) is 3.79. The Balaban J connectivity index is 0.00000267. The van der Waals surface area contributed by atoms with Crippen LogP contribution in [0.15, 0.2) is 11.4 Å². The molecule has 0 unspecified atom stereocenters. The van der Waals surface area contributed by atoms with Gasteiger partial charge >= 0.3 is 23.1 Å². The second-order valence-corrected chi connectivity index (χ2v) is 10.7. The molecule has 3 aliphatic rings. The molecule has 1 saturated heterocycles. The van der Waals surface area contributed by atoms with Crippen molar-refractivity contribution in [1.29, 1.82) is 0 Å². The van der Waals surface area contributed by atoms with Crippen LogP contribution in [0.1, 0.15) is 83.0 Å². The van der Waals surface area contributed by atoms with Crippen LogP contribution in [0.4, 0.5) is 0 Å². The van der Waals surface area contributed by atoms with Crippen LogP contribution in [0.3, 0.4) is 0 Å². The van der Waals surface area contributed by atoms with Gasteiger partial charge in [0.05, 0.1) is 6.10 Å². The minimum Gasteiger partial charge on any atom is -0.664 e. The Kier molecular flexibility index (Phi) is 6.01. The number of aromatic nitrogens is 3. The molecule has 1 fully saturated rings. The molecule has 182 valence electrons. The van der Waals surface area contributed by atoms with Crippen molar-refractivity contribution >= 4 is 46.9 Å². The summed E-state index contributed by atoms with van der Waals surface area (Å²) in [6, 6.07) is 0. The van der Waals surface area contributed by atoms with Gasteiger partial charge in [-0.2, -0.15) is 11.4 Å². The van der Waals surface area contributed by atoms with Crippen LogP contribution in [0.5, 0.6) is 0 Å². The molecule has 0 radical (unpaired) electrons. The van der Waals surface area contributed by atoms with Gasteiger partial charge in [0, 0.05) is 5.92 Å². The number of hydrogen-bond donors (Lipinski definition) is 1. The minimum atomic E-state index is -0.574. The Morgan fingerprint density at radius 2 is 1.19 bits per heavy atom. The van der Waals surface area contributed by atoms with E-state index in [1.54, 1.807) is 0 Å². The number of fused-ring (bicyclic) bond motifs is 7. The van der Waals surface area contributed by atoms with Crippen molar-refractivity contribution in [2.24, 2.45) is 17.8 Å². The molecule has 4 atom stereocenters. The molecule has 0 saturated carbocycles. The predicted molar refractivity (Wildman–Crippen MR) is 146 cm³/mol. The van der Waals surface area contributed by atoms with Crippen LogP contribution in [0.2, 0.25) is 0 Å². The van der Waals surface area contributed by atoms with Crippen LogP contribution in [0.25, 0.3) is 29.1 Å². The number of allylic oxidation sites excluding steroid dienone is 2. The van der Waals surface area contributed by atoms with E-state index in [9.17, 15) is 5.11 Å². The van der Waals surface area contributed by atoms with Crippen molar-refractivity contribution in [2.75, 3.05) is 0 Å². The first-order valence-electron chi connectivity index (χ1n) is 12.6. The Hall–Kier alpha value is -2.41. The Labute approximate surface area is 229 Å². The molecule has 1 N–H and O–H groups in total. The zero-order valence-electron chi connectivity index (χ0n) is 22.5. The average molecular weight is 489 g/mol. The summed E-state index contributed by atoms with van der Waals surface area (Å²) in [4.78, 5) is 15.1. The zero-order valence-corrected chi connectivity index (χ0v) is 23.9. The summed E-state index contributed by atoms with van der Waals surface area (Å²) in [5, 5.41) is 18.3. The van der Waals surface area contributed by atoms with Crippen molar-refractivity contribution in [3.05, 3.63) is 83.6 Å². The first kappa shape index (κ1) is 25.2. The van der Waals surface area contributed by atoms with Crippen molar-refractivity contribution in [1.82, 2.24) is 15.0 Å². The summed E-state index contributed by atoms with van der Waals surface area (Å²) in [7, 11) is 0. The van der Waals surface area contributed by atoms with E-state index in [1.807, 2.05) is 0 Å². The minimum absolute atomic E-state index is 0. The standard InChI is InChI=1S/C30H32N4O.Mg/c1-12-14(3)22-10-24-16(5)17(6)28(33-24)26-19(8)30(35)27-18(7)25(34-29(26)27)11-23-15(4)13(2)21(32-23)9-20(12)31-22;/h9-11,16-17,19,30,35H,1-8H3;/q-4;+2/b21-9-,23-11-,24-10-,28-26-;/t16-,17-,19+,30-;/m0./s1. The molecule has 36 heavy (non-hydrogen) atoms. The van der Waals surface area contributed by atoms with Gasteiger partial charge in [0.2, 0.25) is 0 Å².